The first-order valence-corrected chi connectivity index (χ1v) is 12.1. The first kappa shape index (κ1) is 22.8. The van der Waals surface area contributed by atoms with Crippen LogP contribution in [-0.2, 0) is 21.4 Å². The van der Waals surface area contributed by atoms with Gasteiger partial charge >= 0.3 is 0 Å². The van der Waals surface area contributed by atoms with E-state index in [9.17, 15) is 18.0 Å². The summed E-state index contributed by atoms with van der Waals surface area (Å²) in [6, 6.07) is 13.6. The molecule has 1 aromatic heterocycles. The molecule has 1 amide bonds. The van der Waals surface area contributed by atoms with Crippen molar-refractivity contribution in [3.63, 3.8) is 0 Å². The molecule has 172 valence electrons. The Hall–Kier alpha value is -3.37. The van der Waals surface area contributed by atoms with E-state index in [4.69, 9.17) is 0 Å². The van der Waals surface area contributed by atoms with Crippen molar-refractivity contribution >= 4 is 21.7 Å². The van der Waals surface area contributed by atoms with Crippen LogP contribution >= 0.6 is 0 Å². The van der Waals surface area contributed by atoms with Crippen LogP contribution in [0.1, 0.15) is 35.7 Å². The van der Waals surface area contributed by atoms with Gasteiger partial charge in [-0.15, -0.1) is 0 Å². The molecule has 2 aromatic carbocycles. The molecule has 0 atom stereocenters. The van der Waals surface area contributed by atoms with Crippen LogP contribution in [0.3, 0.4) is 0 Å². The number of rotatable bonds is 7. The number of amides is 1. The zero-order valence-corrected chi connectivity index (χ0v) is 19.0. The largest absolute Gasteiger partial charge is 0.352 e. The molecule has 1 N–H and O–H groups in total. The van der Waals surface area contributed by atoms with Gasteiger partial charge in [0.15, 0.2) is 5.78 Å². The molecule has 0 unspecified atom stereocenters. The summed E-state index contributed by atoms with van der Waals surface area (Å²) < 4.78 is 28.9. The third-order valence-electron chi connectivity index (χ3n) is 5.81. The number of Topliss-reactive ketones (excluding diaryl/α,β-unsaturated/α-hetero) is 1. The number of aromatic nitrogens is 3. The maximum Gasteiger partial charge on any atom is 0.243 e. The lowest BCUT2D eigenvalue weighted by atomic mass is 9.97. The molecule has 1 aliphatic heterocycles. The zero-order valence-electron chi connectivity index (χ0n) is 18.2. The second-order valence-corrected chi connectivity index (χ2v) is 9.92. The fourth-order valence-electron chi connectivity index (χ4n) is 3.81. The van der Waals surface area contributed by atoms with E-state index < -0.39 is 10.0 Å². The van der Waals surface area contributed by atoms with Gasteiger partial charge in [-0.1, -0.05) is 24.3 Å². The van der Waals surface area contributed by atoms with Crippen molar-refractivity contribution in [2.75, 3.05) is 13.1 Å². The van der Waals surface area contributed by atoms with Crippen LogP contribution in [0.5, 0.6) is 0 Å². The van der Waals surface area contributed by atoms with Gasteiger partial charge in [0.25, 0.3) is 0 Å². The molecule has 4 rings (SSSR count). The van der Waals surface area contributed by atoms with Gasteiger partial charge in [-0.2, -0.15) is 9.40 Å². The SMILES string of the molecule is CC(=O)c1ccc(S(=O)(=O)N2CCC(C(=O)NCc3ccc(-n4cncn4)cc3)CC2)cc1. The van der Waals surface area contributed by atoms with Crippen molar-refractivity contribution in [2.24, 2.45) is 5.92 Å². The van der Waals surface area contributed by atoms with Crippen molar-refractivity contribution < 1.29 is 18.0 Å². The Morgan fingerprint density at radius 3 is 2.27 bits per heavy atom. The molecule has 9 nitrogen and oxygen atoms in total. The maximum atomic E-state index is 12.9. The number of carbonyl (C=O) groups is 2. The van der Waals surface area contributed by atoms with Crippen LogP contribution in [0.4, 0.5) is 0 Å². The summed E-state index contributed by atoms with van der Waals surface area (Å²) >= 11 is 0. The molecule has 0 radical (unpaired) electrons. The number of nitrogens with zero attached hydrogens (tertiary/aromatic N) is 4. The van der Waals surface area contributed by atoms with Gasteiger partial charge in [0.1, 0.15) is 12.7 Å². The highest BCUT2D eigenvalue weighted by Gasteiger charge is 2.32. The van der Waals surface area contributed by atoms with Crippen LogP contribution in [0.15, 0.2) is 66.1 Å². The molecule has 10 heteroatoms. The van der Waals surface area contributed by atoms with Gasteiger partial charge < -0.3 is 5.32 Å². The molecule has 0 spiro atoms. The minimum atomic E-state index is -3.65. The van der Waals surface area contributed by atoms with Gasteiger partial charge in [-0.25, -0.2) is 18.1 Å². The van der Waals surface area contributed by atoms with Gasteiger partial charge in [0.2, 0.25) is 15.9 Å². The minimum Gasteiger partial charge on any atom is -0.352 e. The minimum absolute atomic E-state index is 0.0711. The zero-order chi connectivity index (χ0) is 23.4. The molecule has 0 bridgehead atoms. The highest BCUT2D eigenvalue weighted by Crippen LogP contribution is 2.24. The molecular weight excluding hydrogens is 442 g/mol. The van der Waals surface area contributed by atoms with E-state index in [0.717, 1.165) is 11.3 Å². The van der Waals surface area contributed by atoms with Crippen molar-refractivity contribution in [1.29, 1.82) is 0 Å². The smallest absolute Gasteiger partial charge is 0.243 e. The molecule has 2 heterocycles. The van der Waals surface area contributed by atoms with E-state index >= 15 is 0 Å². The van der Waals surface area contributed by atoms with Crippen LogP contribution in [0, 0.1) is 5.92 Å². The van der Waals surface area contributed by atoms with Crippen LogP contribution in [0.2, 0.25) is 0 Å². The lowest BCUT2D eigenvalue weighted by molar-refractivity contribution is -0.126. The Kier molecular flexibility index (Phi) is 6.66. The summed E-state index contributed by atoms with van der Waals surface area (Å²) in [6.07, 6.45) is 4.00. The average molecular weight is 468 g/mol. The number of hydrogen-bond donors (Lipinski definition) is 1. The van der Waals surface area contributed by atoms with Gasteiger partial charge in [-0.05, 0) is 49.6 Å². The Bertz CT molecular complexity index is 1210. The Balaban J connectivity index is 1.29. The summed E-state index contributed by atoms with van der Waals surface area (Å²) in [5.74, 6) is -0.416. The molecule has 0 saturated carbocycles. The van der Waals surface area contributed by atoms with Gasteiger partial charge in [0.05, 0.1) is 10.6 Å². The standard InChI is InChI=1S/C23H25N5O4S/c1-17(29)19-4-8-22(9-5-19)33(31,32)27-12-10-20(11-13-27)23(30)25-14-18-2-6-21(7-3-18)28-16-24-15-26-28/h2-9,15-16,20H,10-14H2,1H3,(H,25,30). The number of sulfonamides is 1. The third kappa shape index (κ3) is 5.18. The molecular formula is C23H25N5O4S. The van der Waals surface area contributed by atoms with Crippen LogP contribution in [0.25, 0.3) is 5.69 Å². The summed E-state index contributed by atoms with van der Waals surface area (Å²) in [4.78, 5) is 28.1. The maximum absolute atomic E-state index is 12.9. The van der Waals surface area contributed by atoms with E-state index in [1.54, 1.807) is 11.0 Å². The van der Waals surface area contributed by atoms with E-state index in [2.05, 4.69) is 15.4 Å². The molecule has 0 aliphatic carbocycles. The Morgan fingerprint density at radius 1 is 1.03 bits per heavy atom. The predicted octanol–water partition coefficient (Wildman–Crippen LogP) is 2.19. The molecule has 3 aromatic rings. The predicted molar refractivity (Wildman–Crippen MR) is 121 cm³/mol. The van der Waals surface area contributed by atoms with Crippen LogP contribution in [-0.4, -0.2) is 52.3 Å². The van der Waals surface area contributed by atoms with Gasteiger partial charge in [0, 0.05) is 31.1 Å². The molecule has 1 fully saturated rings. The second-order valence-electron chi connectivity index (χ2n) is 7.98. The van der Waals surface area contributed by atoms with E-state index in [1.807, 2.05) is 24.3 Å². The number of piperidine rings is 1. The first-order chi connectivity index (χ1) is 15.8. The van der Waals surface area contributed by atoms with Crippen molar-refractivity contribution in [3.8, 4) is 5.69 Å². The Labute approximate surface area is 192 Å². The molecule has 1 aliphatic rings. The lowest BCUT2D eigenvalue weighted by Crippen LogP contribution is -2.42. The fraction of sp³-hybridized carbons (Fsp3) is 0.304. The normalized spacial score (nSPS) is 15.3. The summed E-state index contributed by atoms with van der Waals surface area (Å²) in [5, 5.41) is 7.03. The number of nitrogens with one attached hydrogen (secondary N) is 1. The fourth-order valence-corrected chi connectivity index (χ4v) is 5.28. The van der Waals surface area contributed by atoms with E-state index in [0.29, 0.717) is 24.9 Å². The summed E-state index contributed by atoms with van der Waals surface area (Å²) in [6.45, 7) is 2.40. The summed E-state index contributed by atoms with van der Waals surface area (Å²) in [7, 11) is -3.65. The summed E-state index contributed by atoms with van der Waals surface area (Å²) in [5.41, 5.74) is 2.31. The monoisotopic (exact) mass is 467 g/mol. The highest BCUT2D eigenvalue weighted by molar-refractivity contribution is 7.89. The quantitative estimate of drug-likeness (QED) is 0.533. The number of ketones is 1. The number of benzene rings is 2. The van der Waals surface area contributed by atoms with E-state index in [-0.39, 0.29) is 35.6 Å². The number of carbonyl (C=O) groups excluding carboxylic acids is 2. The Morgan fingerprint density at radius 2 is 1.70 bits per heavy atom. The van der Waals surface area contributed by atoms with Crippen LogP contribution < -0.4 is 5.32 Å². The molecule has 1 saturated heterocycles. The first-order valence-electron chi connectivity index (χ1n) is 10.7. The van der Waals surface area contributed by atoms with Crippen molar-refractivity contribution in [3.05, 3.63) is 72.3 Å². The van der Waals surface area contributed by atoms with Crippen molar-refractivity contribution in [2.45, 2.75) is 31.2 Å². The third-order valence-corrected chi connectivity index (χ3v) is 7.72. The lowest BCUT2D eigenvalue weighted by Gasteiger charge is -2.30. The number of hydrogen-bond acceptors (Lipinski definition) is 6. The molecule has 33 heavy (non-hydrogen) atoms. The van der Waals surface area contributed by atoms with Crippen molar-refractivity contribution in [1.82, 2.24) is 24.4 Å². The second kappa shape index (κ2) is 9.63. The van der Waals surface area contributed by atoms with E-state index in [1.165, 1.54) is 41.8 Å². The highest BCUT2D eigenvalue weighted by atomic mass is 32.2. The van der Waals surface area contributed by atoms with Gasteiger partial charge in [-0.3, -0.25) is 9.59 Å². The average Bonchev–Trinajstić information content (AvgIpc) is 3.38. The topological polar surface area (TPSA) is 114 Å².